The van der Waals surface area contributed by atoms with Crippen LogP contribution in [0, 0.1) is 6.92 Å². The highest BCUT2D eigenvalue weighted by atomic mass is 16.5. The van der Waals surface area contributed by atoms with Crippen molar-refractivity contribution in [1.82, 2.24) is 14.9 Å². The van der Waals surface area contributed by atoms with E-state index in [4.69, 9.17) is 4.74 Å². The molecule has 5 nitrogen and oxygen atoms in total. The lowest BCUT2D eigenvalue weighted by Gasteiger charge is -2.29. The Morgan fingerprint density at radius 2 is 1.96 bits per heavy atom. The molecule has 28 heavy (non-hydrogen) atoms. The number of pyridine rings is 1. The van der Waals surface area contributed by atoms with Crippen LogP contribution >= 0.6 is 0 Å². The highest BCUT2D eigenvalue weighted by Gasteiger charge is 2.24. The minimum absolute atomic E-state index is 0.0981. The number of hydrogen-bond acceptors (Lipinski definition) is 3. The number of nitrogens with one attached hydrogen (secondary N) is 1. The third-order valence-corrected chi connectivity index (χ3v) is 5.54. The predicted octanol–water partition coefficient (Wildman–Crippen LogP) is 3.93. The lowest BCUT2D eigenvalue weighted by Crippen LogP contribution is -2.40. The Morgan fingerprint density at radius 1 is 1.18 bits per heavy atom. The third kappa shape index (κ3) is 4.19. The number of carbonyl (C=O) groups is 1. The molecule has 0 spiro atoms. The number of carbonyl (C=O) groups excluding carboxylic acids is 1. The zero-order valence-electron chi connectivity index (χ0n) is 16.5. The van der Waals surface area contributed by atoms with Gasteiger partial charge >= 0.3 is 0 Å². The number of rotatable bonds is 5. The number of hydrogen-bond donors (Lipinski definition) is 1. The summed E-state index contributed by atoms with van der Waals surface area (Å²) in [7, 11) is 2.02. The van der Waals surface area contributed by atoms with Gasteiger partial charge in [-0.15, -0.1) is 0 Å². The minimum atomic E-state index is 0.0981. The molecule has 1 saturated carbocycles. The van der Waals surface area contributed by atoms with Gasteiger partial charge in [0.15, 0.2) is 0 Å². The maximum atomic E-state index is 12.6. The van der Waals surface area contributed by atoms with Crippen LogP contribution in [0.3, 0.4) is 0 Å². The van der Waals surface area contributed by atoms with Crippen molar-refractivity contribution < 1.29 is 9.53 Å². The summed E-state index contributed by atoms with van der Waals surface area (Å²) in [6, 6.07) is 12.4. The van der Waals surface area contributed by atoms with Crippen LogP contribution in [-0.4, -0.2) is 27.6 Å². The normalized spacial score (nSPS) is 19.5. The Balaban J connectivity index is 1.28. The minimum Gasteiger partial charge on any atom is -0.474 e. The molecule has 0 unspecified atom stereocenters. The van der Waals surface area contributed by atoms with Crippen molar-refractivity contribution in [2.24, 2.45) is 7.05 Å². The van der Waals surface area contributed by atoms with Crippen molar-refractivity contribution in [2.75, 3.05) is 0 Å². The first kappa shape index (κ1) is 18.5. The van der Waals surface area contributed by atoms with Crippen molar-refractivity contribution in [3.63, 3.8) is 0 Å². The van der Waals surface area contributed by atoms with E-state index in [1.165, 1.54) is 0 Å². The van der Waals surface area contributed by atoms with Crippen LogP contribution < -0.4 is 10.1 Å². The summed E-state index contributed by atoms with van der Waals surface area (Å²) in [6.07, 6.45) is 8.25. The van der Waals surface area contributed by atoms with E-state index in [1.54, 1.807) is 0 Å². The summed E-state index contributed by atoms with van der Waals surface area (Å²) in [5.41, 5.74) is 3.37. The molecule has 1 aromatic carbocycles. The number of aromatic nitrogens is 2. The molecule has 1 N–H and O–H groups in total. The quantitative estimate of drug-likeness (QED) is 0.733. The largest absolute Gasteiger partial charge is 0.474 e. The predicted molar refractivity (Wildman–Crippen MR) is 110 cm³/mol. The first-order valence-corrected chi connectivity index (χ1v) is 10.00. The number of amides is 1. The van der Waals surface area contributed by atoms with Gasteiger partial charge in [0.1, 0.15) is 6.10 Å². The molecule has 5 heteroatoms. The number of fused-ring (bicyclic) bond motifs is 1. The molecule has 1 aliphatic carbocycles. The molecule has 146 valence electrons. The first-order chi connectivity index (χ1) is 13.6. The lowest BCUT2D eigenvalue weighted by atomic mass is 9.92. The fourth-order valence-corrected chi connectivity index (χ4v) is 4.04. The Hall–Kier alpha value is -2.82. The molecule has 0 bridgehead atoms. The average Bonchev–Trinajstić information content (AvgIpc) is 3.01. The molecule has 2 aromatic heterocycles. The molecule has 0 saturated heterocycles. The monoisotopic (exact) mass is 377 g/mol. The number of nitrogens with zero attached hydrogens (tertiary/aromatic N) is 2. The van der Waals surface area contributed by atoms with Gasteiger partial charge in [-0.3, -0.25) is 4.79 Å². The number of ether oxygens (including phenoxy) is 1. The standard InChI is InChI=1S/C23H27N3O2/c1-16-7-12-23(24-14-16)28-19-10-8-18(9-11-19)25-22(27)13-17-15-26(2)21-6-4-3-5-20(17)21/h3-7,12,14-15,18-19H,8-11,13H2,1-2H3,(H,25,27). The van der Waals surface area contributed by atoms with Crippen molar-refractivity contribution in [3.05, 3.63) is 59.9 Å². The maximum absolute atomic E-state index is 12.6. The summed E-state index contributed by atoms with van der Waals surface area (Å²) in [5, 5.41) is 4.37. The van der Waals surface area contributed by atoms with Gasteiger partial charge in [-0.25, -0.2) is 4.98 Å². The van der Waals surface area contributed by atoms with E-state index in [0.29, 0.717) is 12.3 Å². The third-order valence-electron chi connectivity index (χ3n) is 5.54. The second kappa shape index (κ2) is 8.05. The molecule has 3 aromatic rings. The van der Waals surface area contributed by atoms with Gasteiger partial charge in [0.2, 0.25) is 11.8 Å². The molecule has 1 amide bonds. The molecule has 0 aliphatic heterocycles. The van der Waals surface area contributed by atoms with Crippen LogP contribution in [0.5, 0.6) is 5.88 Å². The lowest BCUT2D eigenvalue weighted by molar-refractivity contribution is -0.121. The number of aryl methyl sites for hydroxylation is 2. The average molecular weight is 377 g/mol. The molecule has 4 rings (SSSR count). The molecular formula is C23H27N3O2. The smallest absolute Gasteiger partial charge is 0.224 e. The topological polar surface area (TPSA) is 56.1 Å². The van der Waals surface area contributed by atoms with Gasteiger partial charge in [0.25, 0.3) is 0 Å². The number of para-hydroxylation sites is 1. The van der Waals surface area contributed by atoms with Crippen molar-refractivity contribution in [2.45, 2.75) is 51.2 Å². The Bertz CT molecular complexity index is 954. The summed E-state index contributed by atoms with van der Waals surface area (Å²) < 4.78 is 8.07. The van der Waals surface area contributed by atoms with Crippen molar-refractivity contribution >= 4 is 16.8 Å². The van der Waals surface area contributed by atoms with Crippen LogP contribution in [0.1, 0.15) is 36.8 Å². The molecule has 1 fully saturated rings. The highest BCUT2D eigenvalue weighted by molar-refractivity contribution is 5.89. The van der Waals surface area contributed by atoms with Gasteiger partial charge in [-0.2, -0.15) is 0 Å². The second-order valence-corrected chi connectivity index (χ2v) is 7.79. The van der Waals surface area contributed by atoms with Gasteiger partial charge in [0.05, 0.1) is 6.42 Å². The number of benzene rings is 1. The van der Waals surface area contributed by atoms with Crippen molar-refractivity contribution in [3.8, 4) is 5.88 Å². The van der Waals surface area contributed by atoms with Crippen LogP contribution in [-0.2, 0) is 18.3 Å². The van der Waals surface area contributed by atoms with E-state index < -0.39 is 0 Å². The molecule has 0 radical (unpaired) electrons. The van der Waals surface area contributed by atoms with E-state index in [0.717, 1.165) is 47.7 Å². The summed E-state index contributed by atoms with van der Waals surface area (Å²) in [6.45, 7) is 2.02. The van der Waals surface area contributed by atoms with Crippen LogP contribution in [0.15, 0.2) is 48.8 Å². The summed E-state index contributed by atoms with van der Waals surface area (Å²) >= 11 is 0. The maximum Gasteiger partial charge on any atom is 0.224 e. The van der Waals surface area contributed by atoms with Crippen LogP contribution in [0.25, 0.3) is 10.9 Å². The fourth-order valence-electron chi connectivity index (χ4n) is 4.04. The Kier molecular flexibility index (Phi) is 5.33. The highest BCUT2D eigenvalue weighted by Crippen LogP contribution is 2.24. The first-order valence-electron chi connectivity index (χ1n) is 10.00. The Morgan fingerprint density at radius 3 is 2.71 bits per heavy atom. The van der Waals surface area contributed by atoms with Gasteiger partial charge in [-0.1, -0.05) is 24.3 Å². The van der Waals surface area contributed by atoms with E-state index >= 15 is 0 Å². The molecule has 0 atom stereocenters. The van der Waals surface area contributed by atoms with Gasteiger partial charge in [-0.05, 0) is 49.8 Å². The van der Waals surface area contributed by atoms with Crippen molar-refractivity contribution in [1.29, 1.82) is 0 Å². The van der Waals surface area contributed by atoms with E-state index in [2.05, 4.69) is 33.2 Å². The van der Waals surface area contributed by atoms with E-state index in [9.17, 15) is 4.79 Å². The zero-order chi connectivity index (χ0) is 19.5. The van der Waals surface area contributed by atoms with E-state index in [1.807, 2.05) is 44.4 Å². The SMILES string of the molecule is Cc1ccc(OC2CCC(NC(=O)Cc3cn(C)c4ccccc34)CC2)nc1. The van der Waals surface area contributed by atoms with Gasteiger partial charge in [0, 0.05) is 42.5 Å². The van der Waals surface area contributed by atoms with E-state index in [-0.39, 0.29) is 18.1 Å². The van der Waals surface area contributed by atoms with Gasteiger partial charge < -0.3 is 14.6 Å². The van der Waals surface area contributed by atoms with Crippen LogP contribution in [0.4, 0.5) is 0 Å². The molecule has 2 heterocycles. The second-order valence-electron chi connectivity index (χ2n) is 7.79. The fraction of sp³-hybridized carbons (Fsp3) is 0.391. The molecule has 1 aliphatic rings. The summed E-state index contributed by atoms with van der Waals surface area (Å²) in [4.78, 5) is 16.9. The summed E-state index contributed by atoms with van der Waals surface area (Å²) in [5.74, 6) is 0.787. The zero-order valence-corrected chi connectivity index (χ0v) is 16.5. The van der Waals surface area contributed by atoms with Crippen LogP contribution in [0.2, 0.25) is 0 Å². The Labute approximate surface area is 165 Å². The molecular weight excluding hydrogens is 350 g/mol.